The molecule has 3 aromatic carbocycles. The number of nitrogens with zero attached hydrogens (tertiary/aromatic N) is 1. The fourth-order valence-corrected chi connectivity index (χ4v) is 5.27. The molecule has 0 saturated heterocycles. The van der Waals surface area contributed by atoms with Gasteiger partial charge in [0.05, 0.1) is 13.7 Å². The van der Waals surface area contributed by atoms with E-state index in [9.17, 15) is 24.3 Å². The first-order valence-electron chi connectivity index (χ1n) is 15.2. The monoisotopic (exact) mass is 709 g/mol. The van der Waals surface area contributed by atoms with Crippen molar-refractivity contribution in [1.82, 2.24) is 26.4 Å². The van der Waals surface area contributed by atoms with Crippen molar-refractivity contribution in [3.63, 3.8) is 0 Å². The second-order valence-electron chi connectivity index (χ2n) is 12.4. The summed E-state index contributed by atoms with van der Waals surface area (Å²) in [5.41, 5.74) is 2.25. The number of alkyl carbamates (subject to hydrolysis) is 1. The summed E-state index contributed by atoms with van der Waals surface area (Å²) < 4.78 is 5.60. The Kier molecular flexibility index (Phi) is 13.5. The van der Waals surface area contributed by atoms with Crippen LogP contribution in [0.15, 0.2) is 89.4 Å². The Bertz CT molecular complexity index is 1480. The number of amides is 4. The first kappa shape index (κ1) is 37.2. The number of hydrogen-bond donors (Lipinski definition) is 5. The molecule has 0 bridgehead atoms. The quantitative estimate of drug-likeness (QED) is 0.161. The van der Waals surface area contributed by atoms with Gasteiger partial charge in [0.15, 0.2) is 5.60 Å². The smallest absolute Gasteiger partial charge is 0.407 e. The van der Waals surface area contributed by atoms with E-state index in [0.717, 1.165) is 15.6 Å². The van der Waals surface area contributed by atoms with Crippen LogP contribution in [0.5, 0.6) is 0 Å². The number of aliphatic hydroxyl groups is 1. The lowest BCUT2D eigenvalue weighted by Crippen LogP contribution is -2.63. The Labute approximate surface area is 284 Å². The molecule has 0 fully saturated rings. The van der Waals surface area contributed by atoms with Crippen molar-refractivity contribution >= 4 is 39.7 Å². The molecule has 0 saturated carbocycles. The molecule has 3 rings (SSSR count). The van der Waals surface area contributed by atoms with Crippen LogP contribution >= 0.6 is 15.9 Å². The highest BCUT2D eigenvalue weighted by atomic mass is 79.9. The minimum absolute atomic E-state index is 0.0986. The SMILES string of the molecule is CNC(=O)[C@H](Cc1ccccc1)NC(=O)[C@](O)(Cc1ccccc1)CN(Cc1ccc(Br)cc1)NC(=O)[C@@H](NC(=O)OC)C(C)(C)C. The van der Waals surface area contributed by atoms with E-state index in [1.54, 1.807) is 45.0 Å². The second kappa shape index (κ2) is 17.1. The van der Waals surface area contributed by atoms with Gasteiger partial charge < -0.3 is 25.8 Å². The molecule has 0 radical (unpaired) electrons. The second-order valence-corrected chi connectivity index (χ2v) is 13.3. The van der Waals surface area contributed by atoms with Crippen molar-refractivity contribution in [2.75, 3.05) is 20.7 Å². The summed E-state index contributed by atoms with van der Waals surface area (Å²) in [6, 6.07) is 23.6. The van der Waals surface area contributed by atoms with Crippen molar-refractivity contribution in [1.29, 1.82) is 0 Å². The molecule has 3 aromatic rings. The first-order chi connectivity index (χ1) is 22.2. The van der Waals surface area contributed by atoms with Crippen LogP contribution in [0.4, 0.5) is 4.79 Å². The molecule has 252 valence electrons. The molecule has 0 unspecified atom stereocenters. The molecular formula is C35H44BrN5O6. The summed E-state index contributed by atoms with van der Waals surface area (Å²) in [4.78, 5) is 53.0. The normalized spacial score (nSPS) is 13.9. The Morgan fingerprint density at radius 3 is 1.94 bits per heavy atom. The zero-order chi connectivity index (χ0) is 34.6. The van der Waals surface area contributed by atoms with Crippen molar-refractivity contribution in [3.8, 4) is 0 Å². The summed E-state index contributed by atoms with van der Waals surface area (Å²) in [6.07, 6.45) is -0.709. The van der Waals surface area contributed by atoms with Gasteiger partial charge in [-0.05, 0) is 34.2 Å². The molecule has 12 heteroatoms. The van der Waals surface area contributed by atoms with Gasteiger partial charge in [0.2, 0.25) is 5.91 Å². The van der Waals surface area contributed by atoms with Gasteiger partial charge in [0.25, 0.3) is 11.8 Å². The third-order valence-electron chi connectivity index (χ3n) is 7.50. The van der Waals surface area contributed by atoms with E-state index in [0.29, 0.717) is 5.56 Å². The summed E-state index contributed by atoms with van der Waals surface area (Å²) >= 11 is 3.43. The molecule has 0 aromatic heterocycles. The van der Waals surface area contributed by atoms with Crippen molar-refractivity contribution < 1.29 is 29.0 Å². The molecular weight excluding hydrogens is 666 g/mol. The number of halogens is 1. The summed E-state index contributed by atoms with van der Waals surface area (Å²) in [6.45, 7) is 5.10. The molecule has 3 atom stereocenters. The van der Waals surface area contributed by atoms with Crippen LogP contribution in [0, 0.1) is 5.41 Å². The van der Waals surface area contributed by atoms with E-state index in [1.165, 1.54) is 19.2 Å². The van der Waals surface area contributed by atoms with Crippen LogP contribution in [0.3, 0.4) is 0 Å². The lowest BCUT2D eigenvalue weighted by atomic mass is 9.86. The van der Waals surface area contributed by atoms with Gasteiger partial charge in [0.1, 0.15) is 12.1 Å². The minimum atomic E-state index is -2.13. The predicted molar refractivity (Wildman–Crippen MR) is 183 cm³/mol. The van der Waals surface area contributed by atoms with E-state index in [2.05, 4.69) is 37.3 Å². The van der Waals surface area contributed by atoms with E-state index in [4.69, 9.17) is 4.74 Å². The third kappa shape index (κ3) is 11.5. The van der Waals surface area contributed by atoms with Gasteiger partial charge in [-0.15, -0.1) is 0 Å². The number of carbonyl (C=O) groups excluding carboxylic acids is 4. The van der Waals surface area contributed by atoms with E-state index in [-0.39, 0.29) is 25.9 Å². The standard InChI is InChI=1S/C35H44BrN5O6/c1-34(2,3)29(39-33(45)47-5)31(43)40-41(22-26-16-18-27(36)19-17-26)23-35(46,21-25-14-10-7-11-15-25)32(44)38-28(30(42)37-4)20-24-12-8-6-9-13-24/h6-19,28-29,46H,20-23H2,1-5H3,(H,37,42)(H,38,44)(H,39,45)(H,40,43)/t28-,29+,35-/m0/s1. The van der Waals surface area contributed by atoms with Crippen LogP contribution in [-0.2, 0) is 38.5 Å². The van der Waals surface area contributed by atoms with Crippen molar-refractivity contribution in [3.05, 3.63) is 106 Å². The molecule has 11 nitrogen and oxygen atoms in total. The molecule has 0 aliphatic rings. The fraction of sp³-hybridized carbons (Fsp3) is 0.371. The number of likely N-dealkylation sites (N-methyl/N-ethyl adjacent to an activating group) is 1. The van der Waals surface area contributed by atoms with Crippen LogP contribution in [-0.4, -0.2) is 72.3 Å². The van der Waals surface area contributed by atoms with Gasteiger partial charge in [0, 0.05) is 30.9 Å². The highest BCUT2D eigenvalue weighted by molar-refractivity contribution is 9.10. The van der Waals surface area contributed by atoms with Gasteiger partial charge in [-0.1, -0.05) is 109 Å². The minimum Gasteiger partial charge on any atom is -0.453 e. The zero-order valence-electron chi connectivity index (χ0n) is 27.4. The highest BCUT2D eigenvalue weighted by Crippen LogP contribution is 2.22. The third-order valence-corrected chi connectivity index (χ3v) is 8.02. The first-order valence-corrected chi connectivity index (χ1v) is 16.0. The lowest BCUT2D eigenvalue weighted by molar-refractivity contribution is -0.148. The van der Waals surface area contributed by atoms with Gasteiger partial charge in [-0.25, -0.2) is 9.80 Å². The van der Waals surface area contributed by atoms with Crippen molar-refractivity contribution in [2.24, 2.45) is 5.41 Å². The van der Waals surface area contributed by atoms with Crippen LogP contribution in [0.1, 0.15) is 37.5 Å². The molecule has 0 spiro atoms. The molecule has 0 aliphatic carbocycles. The molecule has 0 heterocycles. The van der Waals surface area contributed by atoms with Gasteiger partial charge in [-0.2, -0.15) is 0 Å². The number of hydrazine groups is 1. The number of benzene rings is 3. The topological polar surface area (TPSA) is 149 Å². The summed E-state index contributed by atoms with van der Waals surface area (Å²) in [5.74, 6) is -1.79. The van der Waals surface area contributed by atoms with E-state index in [1.807, 2.05) is 60.7 Å². The maximum absolute atomic E-state index is 14.1. The van der Waals surface area contributed by atoms with E-state index < -0.39 is 46.9 Å². The Morgan fingerprint density at radius 1 is 0.830 bits per heavy atom. The number of carbonyl (C=O) groups is 4. The highest BCUT2D eigenvalue weighted by Gasteiger charge is 2.41. The Morgan fingerprint density at radius 2 is 1.40 bits per heavy atom. The number of rotatable bonds is 14. The Balaban J connectivity index is 2.00. The van der Waals surface area contributed by atoms with Gasteiger partial charge >= 0.3 is 6.09 Å². The summed E-state index contributed by atoms with van der Waals surface area (Å²) in [5, 5.41) is 21.6. The number of ether oxygens (including phenoxy) is 1. The molecule has 47 heavy (non-hydrogen) atoms. The fourth-order valence-electron chi connectivity index (χ4n) is 5.00. The van der Waals surface area contributed by atoms with Crippen LogP contribution in [0.2, 0.25) is 0 Å². The number of hydrogen-bond acceptors (Lipinski definition) is 7. The number of nitrogens with one attached hydrogen (secondary N) is 4. The maximum atomic E-state index is 14.1. The van der Waals surface area contributed by atoms with Crippen LogP contribution in [0.25, 0.3) is 0 Å². The summed E-state index contributed by atoms with van der Waals surface area (Å²) in [7, 11) is 2.69. The lowest BCUT2D eigenvalue weighted by Gasteiger charge is -2.37. The van der Waals surface area contributed by atoms with Crippen molar-refractivity contribution in [2.45, 2.75) is 57.8 Å². The number of methoxy groups -OCH3 is 1. The van der Waals surface area contributed by atoms with E-state index >= 15 is 0 Å². The predicted octanol–water partition coefficient (Wildman–Crippen LogP) is 3.50. The largest absolute Gasteiger partial charge is 0.453 e. The molecule has 0 aliphatic heterocycles. The maximum Gasteiger partial charge on any atom is 0.407 e. The average molecular weight is 711 g/mol. The average Bonchev–Trinajstić information content (AvgIpc) is 3.04. The van der Waals surface area contributed by atoms with Gasteiger partial charge in [-0.3, -0.25) is 19.8 Å². The van der Waals surface area contributed by atoms with Crippen LogP contribution < -0.4 is 21.4 Å². The molecule has 5 N–H and O–H groups in total. The zero-order valence-corrected chi connectivity index (χ0v) is 29.0. The Hall–Kier alpha value is -4.26. The molecule has 4 amide bonds.